The summed E-state index contributed by atoms with van der Waals surface area (Å²) in [7, 11) is 0. The van der Waals surface area contributed by atoms with Gasteiger partial charge >= 0.3 is 5.97 Å². The highest BCUT2D eigenvalue weighted by atomic mass is 32.2. The largest absolute Gasteiger partial charge is 0.459 e. The number of aromatic nitrogens is 4. The van der Waals surface area contributed by atoms with Crippen molar-refractivity contribution in [1.29, 1.82) is 0 Å². The average molecular weight is 444 g/mol. The first-order chi connectivity index (χ1) is 14.7. The van der Waals surface area contributed by atoms with Crippen LogP contribution in [0.4, 0.5) is 0 Å². The van der Waals surface area contributed by atoms with Crippen molar-refractivity contribution in [2.24, 2.45) is 0 Å². The number of carbonyl (C=O) groups is 1. The van der Waals surface area contributed by atoms with Gasteiger partial charge in [0.2, 0.25) is 0 Å². The fraction of sp³-hybridized carbons (Fsp3) is 0.316. The zero-order valence-electron chi connectivity index (χ0n) is 15.7. The van der Waals surface area contributed by atoms with Crippen LogP contribution >= 0.6 is 23.1 Å². The lowest BCUT2D eigenvalue weighted by Gasteiger charge is -2.10. The van der Waals surface area contributed by atoms with E-state index in [0.29, 0.717) is 16.4 Å². The predicted molar refractivity (Wildman–Crippen MR) is 109 cm³/mol. The van der Waals surface area contributed by atoms with Gasteiger partial charge in [-0.1, -0.05) is 11.8 Å². The second-order valence-electron chi connectivity index (χ2n) is 6.68. The smallest absolute Gasteiger partial charge is 0.316 e. The lowest BCUT2D eigenvalue weighted by atomic mass is 10.0. The quantitative estimate of drug-likeness (QED) is 0.327. The SMILES string of the molecule is O=C(CSc1nnc(-c2ccco2)o1)OCc1cc(=O)n2c3c(sc2n1)CCCC3. The van der Waals surface area contributed by atoms with Gasteiger partial charge in [0.15, 0.2) is 10.7 Å². The number of hydrogen-bond acceptors (Lipinski definition) is 10. The summed E-state index contributed by atoms with van der Waals surface area (Å²) in [6.07, 6.45) is 5.62. The van der Waals surface area contributed by atoms with Gasteiger partial charge in [-0.3, -0.25) is 14.0 Å². The minimum atomic E-state index is -0.467. The van der Waals surface area contributed by atoms with Crippen molar-refractivity contribution in [3.63, 3.8) is 0 Å². The molecule has 0 saturated carbocycles. The predicted octanol–water partition coefficient (Wildman–Crippen LogP) is 3.11. The molecule has 0 radical (unpaired) electrons. The molecule has 0 N–H and O–H groups in total. The first-order valence-electron chi connectivity index (χ1n) is 9.36. The van der Waals surface area contributed by atoms with Crippen LogP contribution in [0, 0.1) is 0 Å². The molecule has 0 atom stereocenters. The Morgan fingerprint density at radius 3 is 3.07 bits per heavy atom. The maximum absolute atomic E-state index is 12.5. The van der Waals surface area contributed by atoms with E-state index in [-0.39, 0.29) is 29.0 Å². The van der Waals surface area contributed by atoms with Crippen LogP contribution in [0.1, 0.15) is 29.1 Å². The van der Waals surface area contributed by atoms with Crippen LogP contribution in [0.15, 0.2) is 43.3 Å². The Kier molecular flexibility index (Phi) is 5.13. The number of furan rings is 1. The molecule has 4 aromatic heterocycles. The van der Waals surface area contributed by atoms with E-state index in [1.54, 1.807) is 27.9 Å². The standard InChI is InChI=1S/C19H16N4O5S2/c24-15-8-11(20-18-23(15)12-4-1-2-6-14(12)30-18)9-27-16(25)10-29-19-22-21-17(28-19)13-5-3-7-26-13/h3,5,7-8H,1-2,4,6,9-10H2. The molecule has 0 saturated heterocycles. The van der Waals surface area contributed by atoms with Gasteiger partial charge in [0.1, 0.15) is 12.4 Å². The van der Waals surface area contributed by atoms with Crippen LogP contribution in [0.2, 0.25) is 0 Å². The molecule has 0 aliphatic heterocycles. The lowest BCUT2D eigenvalue weighted by Crippen LogP contribution is -2.18. The van der Waals surface area contributed by atoms with Gasteiger partial charge in [-0.05, 0) is 37.8 Å². The number of rotatable bonds is 6. The fourth-order valence-electron chi connectivity index (χ4n) is 3.30. The van der Waals surface area contributed by atoms with Gasteiger partial charge in [-0.2, -0.15) is 0 Å². The van der Waals surface area contributed by atoms with Crippen molar-refractivity contribution >= 4 is 34.0 Å². The monoisotopic (exact) mass is 444 g/mol. The molecular weight excluding hydrogens is 428 g/mol. The first-order valence-corrected chi connectivity index (χ1v) is 11.2. The van der Waals surface area contributed by atoms with Crippen molar-refractivity contribution in [2.75, 3.05) is 5.75 Å². The second-order valence-corrected chi connectivity index (χ2v) is 8.67. The number of thiazole rings is 1. The van der Waals surface area contributed by atoms with Crippen molar-refractivity contribution in [3.05, 3.63) is 51.1 Å². The van der Waals surface area contributed by atoms with Crippen molar-refractivity contribution in [1.82, 2.24) is 19.6 Å². The molecule has 0 amide bonds. The Bertz CT molecular complexity index is 1260. The van der Waals surface area contributed by atoms with Crippen molar-refractivity contribution < 1.29 is 18.4 Å². The van der Waals surface area contributed by atoms with Gasteiger partial charge in [0.05, 0.1) is 12.0 Å². The van der Waals surface area contributed by atoms with Crippen molar-refractivity contribution in [2.45, 2.75) is 37.5 Å². The van der Waals surface area contributed by atoms with Crippen LogP contribution in [-0.4, -0.2) is 31.3 Å². The molecular formula is C19H16N4O5S2. The highest BCUT2D eigenvalue weighted by Gasteiger charge is 2.19. The summed E-state index contributed by atoms with van der Waals surface area (Å²) in [6.45, 7) is -0.0603. The van der Waals surface area contributed by atoms with Gasteiger partial charge in [-0.15, -0.1) is 21.5 Å². The summed E-state index contributed by atoms with van der Waals surface area (Å²) in [5, 5.41) is 7.97. The highest BCUT2D eigenvalue weighted by molar-refractivity contribution is 7.99. The summed E-state index contributed by atoms with van der Waals surface area (Å²) in [4.78, 5) is 31.0. The van der Waals surface area contributed by atoms with E-state index in [0.717, 1.165) is 43.1 Å². The molecule has 0 aromatic carbocycles. The van der Waals surface area contributed by atoms with E-state index >= 15 is 0 Å². The summed E-state index contributed by atoms with van der Waals surface area (Å²) >= 11 is 2.61. The maximum Gasteiger partial charge on any atom is 0.316 e. The Balaban J connectivity index is 1.20. The van der Waals surface area contributed by atoms with Crippen molar-refractivity contribution in [3.8, 4) is 11.7 Å². The number of aryl methyl sites for hydroxylation is 2. The van der Waals surface area contributed by atoms with E-state index in [1.165, 1.54) is 17.2 Å². The van der Waals surface area contributed by atoms with Gasteiger partial charge < -0.3 is 13.6 Å². The third kappa shape index (κ3) is 3.77. The van der Waals surface area contributed by atoms with E-state index in [9.17, 15) is 9.59 Å². The van der Waals surface area contributed by atoms with E-state index < -0.39 is 5.97 Å². The summed E-state index contributed by atoms with van der Waals surface area (Å²) < 4.78 is 17.6. The normalized spacial score (nSPS) is 13.5. The number of nitrogens with zero attached hydrogens (tertiary/aromatic N) is 4. The molecule has 0 fully saturated rings. The number of esters is 1. The average Bonchev–Trinajstić information content (AvgIpc) is 3.49. The van der Waals surface area contributed by atoms with Gasteiger partial charge in [0.25, 0.3) is 16.7 Å². The molecule has 5 rings (SSSR count). The molecule has 9 nitrogen and oxygen atoms in total. The van der Waals surface area contributed by atoms with Gasteiger partial charge in [-0.25, -0.2) is 4.98 Å². The van der Waals surface area contributed by atoms with Crippen LogP contribution in [0.3, 0.4) is 0 Å². The molecule has 0 unspecified atom stereocenters. The zero-order chi connectivity index (χ0) is 20.5. The number of ether oxygens (including phenoxy) is 1. The first kappa shape index (κ1) is 19.1. The second kappa shape index (κ2) is 8.07. The molecule has 4 aromatic rings. The van der Waals surface area contributed by atoms with E-state index in [2.05, 4.69) is 15.2 Å². The van der Waals surface area contributed by atoms with Crippen LogP contribution < -0.4 is 5.56 Å². The van der Waals surface area contributed by atoms with Crippen LogP contribution in [-0.2, 0) is 29.0 Å². The summed E-state index contributed by atoms with van der Waals surface area (Å²) in [5.41, 5.74) is 1.39. The van der Waals surface area contributed by atoms with E-state index in [1.807, 2.05) is 0 Å². The van der Waals surface area contributed by atoms with E-state index in [4.69, 9.17) is 13.6 Å². The maximum atomic E-state index is 12.5. The Hall–Kier alpha value is -2.92. The highest BCUT2D eigenvalue weighted by Crippen LogP contribution is 2.28. The fourth-order valence-corrected chi connectivity index (χ4v) is 5.09. The molecule has 30 heavy (non-hydrogen) atoms. The molecule has 0 bridgehead atoms. The third-order valence-corrected chi connectivity index (χ3v) is 6.58. The molecule has 1 aliphatic rings. The minimum Gasteiger partial charge on any atom is -0.459 e. The van der Waals surface area contributed by atoms with Gasteiger partial charge in [0, 0.05) is 16.6 Å². The Labute approximate surface area is 178 Å². The number of fused-ring (bicyclic) bond motifs is 3. The lowest BCUT2D eigenvalue weighted by molar-refractivity contribution is -0.141. The molecule has 4 heterocycles. The zero-order valence-corrected chi connectivity index (χ0v) is 17.3. The topological polar surface area (TPSA) is 113 Å². The molecule has 11 heteroatoms. The number of thioether (sulfide) groups is 1. The van der Waals surface area contributed by atoms with Crippen LogP contribution in [0.25, 0.3) is 16.6 Å². The summed E-state index contributed by atoms with van der Waals surface area (Å²) in [5.74, 6) is 0.228. The summed E-state index contributed by atoms with van der Waals surface area (Å²) in [6, 6.07) is 4.85. The Morgan fingerprint density at radius 2 is 2.20 bits per heavy atom. The van der Waals surface area contributed by atoms with Crippen LogP contribution in [0.5, 0.6) is 0 Å². The molecule has 154 valence electrons. The minimum absolute atomic E-state index is 0.00564. The Morgan fingerprint density at radius 1 is 1.30 bits per heavy atom. The molecule has 1 aliphatic carbocycles. The molecule has 0 spiro atoms. The number of hydrogen-bond donors (Lipinski definition) is 0. The number of carbonyl (C=O) groups excluding carboxylic acids is 1. The third-order valence-electron chi connectivity index (χ3n) is 4.65.